The predicted molar refractivity (Wildman–Crippen MR) is 80.9 cm³/mol. The maximum Gasteiger partial charge on any atom is 0.231 e. The van der Waals surface area contributed by atoms with E-state index in [1.165, 1.54) is 6.42 Å². The lowest BCUT2D eigenvalue weighted by atomic mass is 9.70. The monoisotopic (exact) mass is 303 g/mol. The van der Waals surface area contributed by atoms with Crippen LogP contribution < -0.4 is 0 Å². The fraction of sp³-hybridized carbons (Fsp3) is 0.833. The van der Waals surface area contributed by atoms with Gasteiger partial charge >= 0.3 is 0 Å². The summed E-state index contributed by atoms with van der Waals surface area (Å²) in [7, 11) is 0. The van der Waals surface area contributed by atoms with Crippen LogP contribution in [0.1, 0.15) is 46.5 Å². The number of carbonyl (C=O) groups excluding carboxylic acids is 1. The van der Waals surface area contributed by atoms with Crippen LogP contribution in [0.25, 0.3) is 0 Å². The number of hydrogen-bond acceptors (Lipinski definition) is 3. The number of rotatable bonds is 0. The van der Waals surface area contributed by atoms with Crippen LogP contribution in [0.15, 0.2) is 12.2 Å². The van der Waals surface area contributed by atoms with Gasteiger partial charge in [-0.05, 0) is 45.1 Å². The maximum absolute atomic E-state index is 13.1. The van der Waals surface area contributed by atoms with Crippen LogP contribution in [0, 0.1) is 17.8 Å². The molecule has 1 saturated carbocycles. The summed E-state index contributed by atoms with van der Waals surface area (Å²) < 4.78 is 12.8. The van der Waals surface area contributed by atoms with Crippen molar-refractivity contribution in [2.45, 2.75) is 76.0 Å². The van der Waals surface area contributed by atoms with Gasteiger partial charge < -0.3 is 14.4 Å². The molecule has 3 saturated heterocycles. The first-order valence-corrected chi connectivity index (χ1v) is 8.79. The van der Waals surface area contributed by atoms with E-state index < -0.39 is 5.60 Å². The minimum Gasteiger partial charge on any atom is -0.358 e. The molecule has 0 aromatic heterocycles. The lowest BCUT2D eigenvalue weighted by molar-refractivity contribution is -0.251. The van der Waals surface area contributed by atoms with E-state index in [-0.39, 0.29) is 35.8 Å². The van der Waals surface area contributed by atoms with Crippen LogP contribution in [0.3, 0.4) is 0 Å². The van der Waals surface area contributed by atoms with E-state index >= 15 is 0 Å². The Labute approximate surface area is 131 Å². The van der Waals surface area contributed by atoms with Crippen LogP contribution in [0.2, 0.25) is 0 Å². The number of ether oxygens (including phenoxy) is 2. The molecule has 0 unspecified atom stereocenters. The van der Waals surface area contributed by atoms with E-state index in [0.717, 1.165) is 19.3 Å². The van der Waals surface area contributed by atoms with E-state index in [4.69, 9.17) is 9.47 Å². The molecule has 4 nitrogen and oxygen atoms in total. The predicted octanol–water partition coefficient (Wildman–Crippen LogP) is 2.48. The largest absolute Gasteiger partial charge is 0.358 e. The molecule has 5 rings (SSSR count). The minimum atomic E-state index is -0.509. The van der Waals surface area contributed by atoms with Gasteiger partial charge in [0.2, 0.25) is 5.91 Å². The number of fused-ring (bicyclic) bond motifs is 3. The summed E-state index contributed by atoms with van der Waals surface area (Å²) in [6, 6.07) is 0. The molecule has 0 radical (unpaired) electrons. The summed E-state index contributed by atoms with van der Waals surface area (Å²) >= 11 is 0. The molecule has 0 aromatic rings. The number of nitrogens with zero attached hydrogens (tertiary/aromatic N) is 1. The van der Waals surface area contributed by atoms with Gasteiger partial charge in [-0.25, -0.2) is 0 Å². The summed E-state index contributed by atoms with van der Waals surface area (Å²) in [5.74, 6) is 1.37. The average Bonchev–Trinajstić information content (AvgIpc) is 3.09. The molecule has 0 aromatic carbocycles. The van der Waals surface area contributed by atoms with Gasteiger partial charge in [0, 0.05) is 11.5 Å². The molecule has 1 amide bonds. The SMILES string of the molecule is C[C@@H]1CC[C@@H]2[C@@H](C1)O[C@@H]1N(C(=O)[C@H]3C[C@@H]4C=C[C@@]31O4)C2(C)C. The van der Waals surface area contributed by atoms with Crippen molar-refractivity contribution in [2.75, 3.05) is 0 Å². The second kappa shape index (κ2) is 3.96. The summed E-state index contributed by atoms with van der Waals surface area (Å²) in [5.41, 5.74) is -0.649. The quantitative estimate of drug-likeness (QED) is 0.645. The zero-order chi connectivity index (χ0) is 15.3. The molecule has 1 aliphatic carbocycles. The van der Waals surface area contributed by atoms with E-state index in [1.807, 2.05) is 4.90 Å². The van der Waals surface area contributed by atoms with Gasteiger partial charge in [-0.3, -0.25) is 4.79 Å². The van der Waals surface area contributed by atoms with Crippen molar-refractivity contribution in [3.63, 3.8) is 0 Å². The molecular formula is C18H25NO3. The zero-order valence-electron chi connectivity index (χ0n) is 13.6. The Morgan fingerprint density at radius 3 is 2.86 bits per heavy atom. The standard InChI is InChI=1S/C18H25NO3/c1-10-4-5-12-14(8-10)21-16-18-7-6-11(22-18)9-13(18)15(20)19(16)17(12,2)3/h6-7,10-14,16H,4-5,8-9H2,1-3H3/t10-,11+,12-,13-,14-,16+,18-/m1/s1. The lowest BCUT2D eigenvalue weighted by Crippen LogP contribution is -2.66. The molecule has 7 atom stereocenters. The molecule has 0 N–H and O–H groups in total. The smallest absolute Gasteiger partial charge is 0.231 e. The van der Waals surface area contributed by atoms with Crippen molar-refractivity contribution < 1.29 is 14.3 Å². The Morgan fingerprint density at radius 2 is 2.09 bits per heavy atom. The van der Waals surface area contributed by atoms with Gasteiger partial charge in [0.05, 0.1) is 18.1 Å². The van der Waals surface area contributed by atoms with Crippen molar-refractivity contribution in [3.8, 4) is 0 Å². The summed E-state index contributed by atoms with van der Waals surface area (Å²) in [5, 5.41) is 0. The van der Waals surface area contributed by atoms with Gasteiger partial charge in [-0.1, -0.05) is 19.4 Å². The molecule has 1 spiro atoms. The van der Waals surface area contributed by atoms with Gasteiger partial charge in [0.25, 0.3) is 0 Å². The average molecular weight is 303 g/mol. The van der Waals surface area contributed by atoms with Crippen molar-refractivity contribution >= 4 is 5.91 Å². The van der Waals surface area contributed by atoms with E-state index in [0.29, 0.717) is 11.8 Å². The van der Waals surface area contributed by atoms with Crippen LogP contribution in [0.5, 0.6) is 0 Å². The first-order valence-electron chi connectivity index (χ1n) is 8.79. The van der Waals surface area contributed by atoms with Gasteiger partial charge in [0.1, 0.15) is 5.60 Å². The highest BCUT2D eigenvalue weighted by Crippen LogP contribution is 2.58. The third-order valence-corrected chi connectivity index (χ3v) is 6.98. The normalized spacial score (nSPS) is 54.3. The Kier molecular flexibility index (Phi) is 2.44. The van der Waals surface area contributed by atoms with Crippen LogP contribution in [0.4, 0.5) is 0 Å². The van der Waals surface area contributed by atoms with Gasteiger partial charge in [-0.15, -0.1) is 0 Å². The van der Waals surface area contributed by atoms with Gasteiger partial charge in [-0.2, -0.15) is 0 Å². The summed E-state index contributed by atoms with van der Waals surface area (Å²) in [6.07, 6.45) is 8.74. The zero-order valence-corrected chi connectivity index (χ0v) is 13.6. The van der Waals surface area contributed by atoms with Crippen LogP contribution in [-0.4, -0.2) is 40.4 Å². The van der Waals surface area contributed by atoms with Crippen molar-refractivity contribution in [1.82, 2.24) is 4.90 Å². The number of carbonyl (C=O) groups is 1. The molecule has 4 fully saturated rings. The van der Waals surface area contributed by atoms with Crippen molar-refractivity contribution in [1.29, 1.82) is 0 Å². The molecule has 4 heterocycles. The highest BCUT2D eigenvalue weighted by Gasteiger charge is 2.71. The number of amides is 1. The first kappa shape index (κ1) is 13.6. The Bertz CT molecular complexity index is 571. The fourth-order valence-corrected chi connectivity index (χ4v) is 5.82. The minimum absolute atomic E-state index is 0.0376. The topological polar surface area (TPSA) is 38.8 Å². The fourth-order valence-electron chi connectivity index (χ4n) is 5.82. The maximum atomic E-state index is 13.1. The molecule has 120 valence electrons. The molecular weight excluding hydrogens is 278 g/mol. The Hall–Kier alpha value is -0.870. The first-order chi connectivity index (χ1) is 10.4. The molecule has 4 heteroatoms. The second-order valence-electron chi connectivity index (χ2n) is 8.57. The van der Waals surface area contributed by atoms with Crippen molar-refractivity contribution in [2.24, 2.45) is 17.8 Å². The summed E-state index contributed by atoms with van der Waals surface area (Å²) in [4.78, 5) is 15.1. The third-order valence-electron chi connectivity index (χ3n) is 6.98. The molecule has 2 bridgehead atoms. The highest BCUT2D eigenvalue weighted by molar-refractivity contribution is 5.86. The van der Waals surface area contributed by atoms with Crippen molar-refractivity contribution in [3.05, 3.63) is 12.2 Å². The van der Waals surface area contributed by atoms with Crippen LogP contribution in [-0.2, 0) is 14.3 Å². The Balaban J connectivity index is 1.59. The van der Waals surface area contributed by atoms with Gasteiger partial charge in [0.15, 0.2) is 6.23 Å². The molecule has 5 aliphatic rings. The third kappa shape index (κ3) is 1.40. The van der Waals surface area contributed by atoms with E-state index in [2.05, 4.69) is 32.9 Å². The molecule has 22 heavy (non-hydrogen) atoms. The van der Waals surface area contributed by atoms with E-state index in [1.54, 1.807) is 0 Å². The summed E-state index contributed by atoms with van der Waals surface area (Å²) in [6.45, 7) is 6.79. The van der Waals surface area contributed by atoms with E-state index in [9.17, 15) is 4.79 Å². The highest BCUT2D eigenvalue weighted by atomic mass is 16.6. The molecule has 4 aliphatic heterocycles. The second-order valence-corrected chi connectivity index (χ2v) is 8.57. The van der Waals surface area contributed by atoms with Crippen LogP contribution >= 0.6 is 0 Å². The number of hydrogen-bond donors (Lipinski definition) is 0. The lowest BCUT2D eigenvalue weighted by Gasteiger charge is -2.56. The Morgan fingerprint density at radius 1 is 1.27 bits per heavy atom.